The van der Waals surface area contributed by atoms with Crippen LogP contribution in [0.2, 0.25) is 0 Å². The molecule has 3 heterocycles. The molecule has 5 nitrogen and oxygen atoms in total. The molecule has 0 amide bonds. The van der Waals surface area contributed by atoms with Crippen LogP contribution in [0, 0.1) is 0 Å². The standard InChI is InChI=1S/C25H21F3N4O/c26-25(27,28)19-3-1-2-17(12-19)23-9-8-21(33-23)15-32-11-10-22-18(14-32)13-30-24(31-22)16-4-6-20(29)7-5-16/h1-9,12-13H,10-11,14-15,29H2. The lowest BCUT2D eigenvalue weighted by Gasteiger charge is -2.27. The topological polar surface area (TPSA) is 68.2 Å². The van der Waals surface area contributed by atoms with Crippen LogP contribution in [0.4, 0.5) is 18.9 Å². The van der Waals surface area contributed by atoms with Crippen LogP contribution < -0.4 is 5.73 Å². The lowest BCUT2D eigenvalue weighted by atomic mass is 10.1. The Morgan fingerprint density at radius 1 is 1.00 bits per heavy atom. The van der Waals surface area contributed by atoms with Crippen molar-refractivity contribution < 1.29 is 17.6 Å². The first-order valence-electron chi connectivity index (χ1n) is 10.5. The van der Waals surface area contributed by atoms with Crippen molar-refractivity contribution in [2.75, 3.05) is 12.3 Å². The molecular weight excluding hydrogens is 429 g/mol. The van der Waals surface area contributed by atoms with Gasteiger partial charge in [0.1, 0.15) is 11.5 Å². The van der Waals surface area contributed by atoms with E-state index in [2.05, 4.69) is 9.88 Å². The van der Waals surface area contributed by atoms with Crippen LogP contribution in [0.15, 0.2) is 71.3 Å². The number of rotatable bonds is 4. The number of hydrogen-bond donors (Lipinski definition) is 1. The van der Waals surface area contributed by atoms with E-state index in [1.165, 1.54) is 6.07 Å². The molecular formula is C25H21F3N4O. The average molecular weight is 450 g/mol. The molecule has 0 aliphatic carbocycles. The van der Waals surface area contributed by atoms with Crippen LogP contribution in [0.1, 0.15) is 22.6 Å². The van der Waals surface area contributed by atoms with Gasteiger partial charge in [-0.2, -0.15) is 13.2 Å². The Morgan fingerprint density at radius 2 is 1.82 bits per heavy atom. The zero-order valence-electron chi connectivity index (χ0n) is 17.6. The Hall–Kier alpha value is -3.65. The molecule has 0 atom stereocenters. The van der Waals surface area contributed by atoms with Crippen molar-refractivity contribution in [3.63, 3.8) is 0 Å². The van der Waals surface area contributed by atoms with Gasteiger partial charge in [-0.25, -0.2) is 9.97 Å². The number of halogens is 3. The lowest BCUT2D eigenvalue weighted by molar-refractivity contribution is -0.137. The van der Waals surface area contributed by atoms with Crippen LogP contribution in [0.3, 0.4) is 0 Å². The molecule has 2 N–H and O–H groups in total. The summed E-state index contributed by atoms with van der Waals surface area (Å²) in [5.41, 5.74) is 9.17. The van der Waals surface area contributed by atoms with Crippen molar-refractivity contribution in [1.29, 1.82) is 0 Å². The van der Waals surface area contributed by atoms with Gasteiger partial charge in [0.25, 0.3) is 0 Å². The van der Waals surface area contributed by atoms with E-state index in [1.54, 1.807) is 12.1 Å². The number of benzene rings is 2. The number of nitrogens with two attached hydrogens (primary N) is 1. The van der Waals surface area contributed by atoms with Crippen molar-refractivity contribution in [2.24, 2.45) is 0 Å². The zero-order valence-corrected chi connectivity index (χ0v) is 17.6. The van der Waals surface area contributed by atoms with Gasteiger partial charge in [-0.15, -0.1) is 0 Å². The lowest BCUT2D eigenvalue weighted by Crippen LogP contribution is -2.30. The van der Waals surface area contributed by atoms with Crippen LogP contribution in [0.25, 0.3) is 22.7 Å². The summed E-state index contributed by atoms with van der Waals surface area (Å²) in [4.78, 5) is 11.5. The molecule has 4 aromatic rings. The first kappa shape index (κ1) is 21.2. The second-order valence-corrected chi connectivity index (χ2v) is 8.09. The molecule has 168 valence electrons. The van der Waals surface area contributed by atoms with E-state index in [1.807, 2.05) is 36.5 Å². The smallest absolute Gasteiger partial charge is 0.416 e. The molecule has 2 aromatic carbocycles. The summed E-state index contributed by atoms with van der Waals surface area (Å²) in [6.07, 6.45) is -1.75. The fraction of sp³-hybridized carbons (Fsp3) is 0.200. The molecule has 5 rings (SSSR count). The number of nitrogen functional groups attached to an aromatic ring is 1. The highest BCUT2D eigenvalue weighted by molar-refractivity contribution is 5.59. The molecule has 0 fully saturated rings. The molecule has 1 aliphatic heterocycles. The van der Waals surface area contributed by atoms with Gasteiger partial charge in [0.15, 0.2) is 5.82 Å². The maximum absolute atomic E-state index is 13.0. The number of alkyl halides is 3. The Bertz CT molecular complexity index is 1280. The molecule has 1 aliphatic rings. The normalized spacial score (nSPS) is 14.3. The van der Waals surface area contributed by atoms with Gasteiger partial charge in [0, 0.05) is 48.1 Å². The maximum Gasteiger partial charge on any atom is 0.416 e. The SMILES string of the molecule is Nc1ccc(-c2ncc3c(n2)CCN(Cc2ccc(-c4cccc(C(F)(F)F)c4)o2)C3)cc1. The largest absolute Gasteiger partial charge is 0.460 e. The summed E-state index contributed by atoms with van der Waals surface area (Å²) in [5.74, 6) is 1.80. The molecule has 8 heteroatoms. The average Bonchev–Trinajstić information content (AvgIpc) is 3.27. The Kier molecular flexibility index (Phi) is 5.38. The van der Waals surface area contributed by atoms with E-state index in [-0.39, 0.29) is 0 Å². The van der Waals surface area contributed by atoms with Gasteiger partial charge < -0.3 is 10.2 Å². The number of nitrogens with zero attached hydrogens (tertiary/aromatic N) is 3. The van der Waals surface area contributed by atoms with Crippen LogP contribution >= 0.6 is 0 Å². The van der Waals surface area contributed by atoms with Gasteiger partial charge in [-0.1, -0.05) is 12.1 Å². The summed E-state index contributed by atoms with van der Waals surface area (Å²) in [6, 6.07) is 16.2. The number of aromatic nitrogens is 2. The Morgan fingerprint density at radius 3 is 2.61 bits per heavy atom. The third-order valence-corrected chi connectivity index (χ3v) is 5.70. The first-order chi connectivity index (χ1) is 15.8. The van der Waals surface area contributed by atoms with Crippen molar-refractivity contribution in [3.05, 3.63) is 89.4 Å². The van der Waals surface area contributed by atoms with Crippen molar-refractivity contribution in [1.82, 2.24) is 14.9 Å². The molecule has 0 saturated carbocycles. The minimum atomic E-state index is -4.39. The van der Waals surface area contributed by atoms with Gasteiger partial charge in [-0.3, -0.25) is 4.90 Å². The quantitative estimate of drug-likeness (QED) is 0.412. The van der Waals surface area contributed by atoms with E-state index >= 15 is 0 Å². The zero-order chi connectivity index (χ0) is 23.0. The maximum atomic E-state index is 13.0. The minimum Gasteiger partial charge on any atom is -0.460 e. The van der Waals surface area contributed by atoms with E-state index in [4.69, 9.17) is 15.1 Å². The highest BCUT2D eigenvalue weighted by Crippen LogP contribution is 2.33. The van der Waals surface area contributed by atoms with E-state index in [9.17, 15) is 13.2 Å². The molecule has 0 saturated heterocycles. The highest BCUT2D eigenvalue weighted by atomic mass is 19.4. The van der Waals surface area contributed by atoms with Crippen molar-refractivity contribution >= 4 is 5.69 Å². The van der Waals surface area contributed by atoms with Gasteiger partial charge in [0.2, 0.25) is 0 Å². The summed E-state index contributed by atoms with van der Waals surface area (Å²) >= 11 is 0. The third kappa shape index (κ3) is 4.61. The molecule has 2 aromatic heterocycles. The van der Waals surface area contributed by atoms with E-state index < -0.39 is 11.7 Å². The third-order valence-electron chi connectivity index (χ3n) is 5.70. The fourth-order valence-electron chi connectivity index (χ4n) is 3.97. The van der Waals surface area contributed by atoms with Crippen molar-refractivity contribution in [3.8, 4) is 22.7 Å². The summed E-state index contributed by atoms with van der Waals surface area (Å²) in [5, 5.41) is 0. The van der Waals surface area contributed by atoms with Gasteiger partial charge in [-0.05, 0) is 48.5 Å². The van der Waals surface area contributed by atoms with Crippen LogP contribution in [-0.4, -0.2) is 21.4 Å². The molecule has 33 heavy (non-hydrogen) atoms. The number of furan rings is 1. The first-order valence-corrected chi connectivity index (χ1v) is 10.5. The second kappa shape index (κ2) is 8.37. The summed E-state index contributed by atoms with van der Waals surface area (Å²) in [7, 11) is 0. The Labute approximate surface area is 188 Å². The number of hydrogen-bond acceptors (Lipinski definition) is 5. The number of fused-ring (bicyclic) bond motifs is 1. The molecule has 0 radical (unpaired) electrons. The number of anilines is 1. The van der Waals surface area contributed by atoms with E-state index in [0.717, 1.165) is 41.9 Å². The van der Waals surface area contributed by atoms with Gasteiger partial charge in [0.05, 0.1) is 17.8 Å². The van der Waals surface area contributed by atoms with Crippen molar-refractivity contribution in [2.45, 2.75) is 25.7 Å². The molecule has 0 spiro atoms. The van der Waals surface area contributed by atoms with Gasteiger partial charge >= 0.3 is 6.18 Å². The predicted molar refractivity (Wildman–Crippen MR) is 119 cm³/mol. The Balaban J connectivity index is 1.28. The van der Waals surface area contributed by atoms with E-state index in [0.29, 0.717) is 41.7 Å². The predicted octanol–water partition coefficient (Wildman–Crippen LogP) is 5.56. The molecule has 0 unspecified atom stereocenters. The fourth-order valence-corrected chi connectivity index (χ4v) is 3.97. The molecule has 0 bridgehead atoms. The minimum absolute atomic E-state index is 0.406. The second-order valence-electron chi connectivity index (χ2n) is 8.09. The monoisotopic (exact) mass is 450 g/mol. The van der Waals surface area contributed by atoms with Crippen LogP contribution in [0.5, 0.6) is 0 Å². The summed E-state index contributed by atoms with van der Waals surface area (Å²) < 4.78 is 44.9. The van der Waals surface area contributed by atoms with Crippen LogP contribution in [-0.2, 0) is 25.7 Å². The highest BCUT2D eigenvalue weighted by Gasteiger charge is 2.30. The summed E-state index contributed by atoms with van der Waals surface area (Å²) in [6.45, 7) is 2.03.